The van der Waals surface area contributed by atoms with Gasteiger partial charge in [-0.3, -0.25) is 0 Å². The van der Waals surface area contributed by atoms with Crippen LogP contribution in [0, 0.1) is 13.8 Å². The van der Waals surface area contributed by atoms with Crippen LogP contribution in [0.1, 0.15) is 22.3 Å². The third kappa shape index (κ3) is 3.42. The van der Waals surface area contributed by atoms with E-state index in [1.807, 2.05) is 18.2 Å². The quantitative estimate of drug-likeness (QED) is 0.766. The van der Waals surface area contributed by atoms with Crippen LogP contribution >= 0.6 is 0 Å². The Kier molecular flexibility index (Phi) is 4.33. The van der Waals surface area contributed by atoms with Crippen LogP contribution in [0.3, 0.4) is 0 Å². The van der Waals surface area contributed by atoms with E-state index >= 15 is 0 Å². The highest BCUT2D eigenvalue weighted by Gasteiger charge is 2.07. The summed E-state index contributed by atoms with van der Waals surface area (Å²) in [5.74, 6) is 0.967. The van der Waals surface area contributed by atoms with Gasteiger partial charge in [-0.2, -0.15) is 0 Å². The van der Waals surface area contributed by atoms with Gasteiger partial charge in [0.15, 0.2) is 4.90 Å². The van der Waals surface area contributed by atoms with Crippen molar-refractivity contribution in [1.29, 1.82) is 0 Å². The van der Waals surface area contributed by atoms with Crippen LogP contribution in [-0.4, -0.2) is 0 Å². The fourth-order valence-corrected chi connectivity index (χ4v) is 2.52. The second-order valence-electron chi connectivity index (χ2n) is 4.67. The molecule has 0 saturated carbocycles. The van der Waals surface area contributed by atoms with Crippen molar-refractivity contribution in [2.24, 2.45) is 0 Å². The van der Waals surface area contributed by atoms with Gasteiger partial charge in [-0.05, 0) is 60.9 Å². The molecular weight excluding hydrogens is 252 g/mol. The highest BCUT2D eigenvalue weighted by atomic mass is 32.1. The van der Waals surface area contributed by atoms with Crippen molar-refractivity contribution in [2.75, 3.05) is 0 Å². The molecule has 2 aromatic rings. The number of rotatable bonds is 4. The molecular formula is C17H19OS+. The molecule has 0 aliphatic carbocycles. The summed E-state index contributed by atoms with van der Waals surface area (Å²) in [5, 5.41) is 0. The van der Waals surface area contributed by atoms with E-state index in [2.05, 4.69) is 57.3 Å². The van der Waals surface area contributed by atoms with Crippen LogP contribution in [0.2, 0.25) is 0 Å². The average molecular weight is 271 g/mol. The number of benzene rings is 2. The summed E-state index contributed by atoms with van der Waals surface area (Å²) in [6.45, 7) is 8.46. The summed E-state index contributed by atoms with van der Waals surface area (Å²) in [6, 6.07) is 12.4. The number of hydrogen-bond acceptors (Lipinski definition) is 1. The molecule has 2 aromatic carbocycles. The first-order valence-corrected chi connectivity index (χ1v) is 6.77. The Morgan fingerprint density at radius 1 is 1.11 bits per heavy atom. The number of hydrogen-bond donors (Lipinski definition) is 0. The van der Waals surface area contributed by atoms with E-state index in [4.69, 9.17) is 4.74 Å². The first-order valence-electron chi connectivity index (χ1n) is 6.27. The van der Waals surface area contributed by atoms with E-state index < -0.39 is 0 Å². The van der Waals surface area contributed by atoms with Crippen molar-refractivity contribution in [1.82, 2.24) is 0 Å². The Balaban J connectivity index is 2.12. The molecule has 98 valence electrons. The summed E-state index contributed by atoms with van der Waals surface area (Å²) in [6.07, 6.45) is 1.84. The van der Waals surface area contributed by atoms with Crippen LogP contribution < -0.4 is 4.74 Å². The first-order chi connectivity index (χ1) is 9.10. The minimum atomic E-state index is 0.583. The summed E-state index contributed by atoms with van der Waals surface area (Å²) in [4.78, 5) is 1.08. The van der Waals surface area contributed by atoms with E-state index in [9.17, 15) is 0 Å². The molecule has 0 heterocycles. The topological polar surface area (TPSA) is 9.23 Å². The SMILES string of the molecule is C=Cc1ccc(COc2c(C)cc([SH2+])cc2C)cc1. The standard InChI is InChI=1S/C17H18OS/c1-4-14-5-7-15(8-6-14)11-18-17-12(2)9-16(19)10-13(17)3/h4-10,19H,1,11H2,2-3H3/p+1. The zero-order chi connectivity index (χ0) is 13.8. The minimum absolute atomic E-state index is 0.583. The summed E-state index contributed by atoms with van der Waals surface area (Å²) in [7, 11) is 0. The van der Waals surface area contributed by atoms with Gasteiger partial charge in [-0.15, -0.1) is 0 Å². The molecule has 0 N–H and O–H groups in total. The largest absolute Gasteiger partial charge is 0.488 e. The summed E-state index contributed by atoms with van der Waals surface area (Å²) in [5.41, 5.74) is 4.58. The minimum Gasteiger partial charge on any atom is -0.488 e. The molecule has 0 aliphatic rings. The predicted octanol–water partition coefficient (Wildman–Crippen LogP) is 3.90. The highest BCUT2D eigenvalue weighted by molar-refractivity contribution is 7.58. The Labute approximate surface area is 120 Å². The lowest BCUT2D eigenvalue weighted by molar-refractivity contribution is 0.301. The van der Waals surface area contributed by atoms with Gasteiger partial charge in [0.2, 0.25) is 0 Å². The number of aryl methyl sites for hydroxylation is 2. The van der Waals surface area contributed by atoms with E-state index in [0.29, 0.717) is 6.61 Å². The van der Waals surface area contributed by atoms with Gasteiger partial charge >= 0.3 is 0 Å². The van der Waals surface area contributed by atoms with Crippen molar-refractivity contribution in [3.8, 4) is 5.75 Å². The molecule has 0 spiro atoms. The molecule has 0 bridgehead atoms. The van der Waals surface area contributed by atoms with Crippen molar-refractivity contribution >= 4 is 18.7 Å². The van der Waals surface area contributed by atoms with Crippen molar-refractivity contribution in [3.05, 3.63) is 65.2 Å². The van der Waals surface area contributed by atoms with Crippen LogP contribution in [0.5, 0.6) is 5.75 Å². The maximum absolute atomic E-state index is 5.93. The van der Waals surface area contributed by atoms with Gasteiger partial charge in [-0.1, -0.05) is 36.9 Å². The molecule has 0 atom stereocenters. The van der Waals surface area contributed by atoms with E-state index in [1.54, 1.807) is 0 Å². The molecule has 2 heteroatoms. The van der Waals surface area contributed by atoms with Crippen molar-refractivity contribution in [3.63, 3.8) is 0 Å². The van der Waals surface area contributed by atoms with Gasteiger partial charge in [0.25, 0.3) is 0 Å². The second-order valence-corrected chi connectivity index (χ2v) is 5.25. The molecule has 0 saturated heterocycles. The fraction of sp³-hybridized carbons (Fsp3) is 0.176. The van der Waals surface area contributed by atoms with Gasteiger partial charge in [0.05, 0.1) is 0 Å². The van der Waals surface area contributed by atoms with Crippen molar-refractivity contribution in [2.45, 2.75) is 25.3 Å². The van der Waals surface area contributed by atoms with E-state index in [1.165, 1.54) is 0 Å². The van der Waals surface area contributed by atoms with E-state index in [-0.39, 0.29) is 0 Å². The molecule has 0 fully saturated rings. The lowest BCUT2D eigenvalue weighted by Gasteiger charge is -2.12. The average Bonchev–Trinajstić information content (AvgIpc) is 2.38. The third-order valence-electron chi connectivity index (χ3n) is 3.06. The Bertz CT molecular complexity index is 562. The molecule has 0 radical (unpaired) electrons. The third-order valence-corrected chi connectivity index (χ3v) is 3.35. The van der Waals surface area contributed by atoms with Crippen LogP contribution in [0.15, 0.2) is 47.9 Å². The Morgan fingerprint density at radius 2 is 1.68 bits per heavy atom. The van der Waals surface area contributed by atoms with Gasteiger partial charge < -0.3 is 4.74 Å². The fourth-order valence-electron chi connectivity index (χ4n) is 2.08. The van der Waals surface area contributed by atoms with Crippen LogP contribution in [0.4, 0.5) is 0 Å². The normalized spacial score (nSPS) is 10.3. The van der Waals surface area contributed by atoms with Crippen LogP contribution in [0.25, 0.3) is 6.08 Å². The molecule has 2 rings (SSSR count). The zero-order valence-corrected chi connectivity index (χ0v) is 12.4. The van der Waals surface area contributed by atoms with Gasteiger partial charge in [-0.25, -0.2) is 0 Å². The molecule has 0 aliphatic heterocycles. The monoisotopic (exact) mass is 271 g/mol. The molecule has 1 nitrogen and oxygen atoms in total. The van der Waals surface area contributed by atoms with Gasteiger partial charge in [0, 0.05) is 0 Å². The molecule has 19 heavy (non-hydrogen) atoms. The first kappa shape index (κ1) is 13.8. The van der Waals surface area contributed by atoms with Crippen LogP contribution in [-0.2, 0) is 19.2 Å². The second kappa shape index (κ2) is 5.98. The smallest absolute Gasteiger partial charge is 0.151 e. The lowest BCUT2D eigenvalue weighted by Crippen LogP contribution is -1.99. The predicted molar refractivity (Wildman–Crippen MR) is 85.2 cm³/mol. The zero-order valence-electron chi connectivity index (χ0n) is 11.4. The van der Waals surface area contributed by atoms with Gasteiger partial charge in [0.1, 0.15) is 12.4 Å². The highest BCUT2D eigenvalue weighted by Crippen LogP contribution is 2.25. The molecule has 0 unspecified atom stereocenters. The molecule has 0 amide bonds. The summed E-state index contributed by atoms with van der Waals surface area (Å²) >= 11 is 3.55. The lowest BCUT2D eigenvalue weighted by atomic mass is 10.1. The Morgan fingerprint density at radius 3 is 2.21 bits per heavy atom. The summed E-state index contributed by atoms with van der Waals surface area (Å²) < 4.78 is 5.93. The molecule has 0 aromatic heterocycles. The number of ether oxygens (including phenoxy) is 1. The van der Waals surface area contributed by atoms with Crippen molar-refractivity contribution < 1.29 is 4.74 Å². The van der Waals surface area contributed by atoms with E-state index in [0.717, 1.165) is 32.9 Å². The Hall–Kier alpha value is -1.67. The maximum Gasteiger partial charge on any atom is 0.151 e. The maximum atomic E-state index is 5.93.